The number of amides is 2. The summed E-state index contributed by atoms with van der Waals surface area (Å²) in [5, 5.41) is 13.9. The molecule has 0 rings (SSSR count). The molecule has 0 spiro atoms. The lowest BCUT2D eigenvalue weighted by molar-refractivity contribution is -0.158. The number of hydrogen-bond donors (Lipinski definition) is 3. The van der Waals surface area contributed by atoms with Crippen molar-refractivity contribution in [3.8, 4) is 0 Å². The Morgan fingerprint density at radius 2 is 1.33 bits per heavy atom. The maximum atomic E-state index is 12.8. The Labute approximate surface area is 217 Å². The lowest BCUT2D eigenvalue weighted by Crippen LogP contribution is -2.46. The van der Waals surface area contributed by atoms with Crippen molar-refractivity contribution in [1.29, 1.82) is 0 Å². The number of hydrogen-bond acceptors (Lipinski definition) is 6. The minimum Gasteiger partial charge on any atom is -0.481 e. The molecule has 0 radical (unpaired) electrons. The second-order valence-electron chi connectivity index (χ2n) is 10.3. The molecule has 0 heterocycles. The molecule has 0 aromatic carbocycles. The van der Waals surface area contributed by atoms with Gasteiger partial charge in [0.2, 0.25) is 0 Å². The van der Waals surface area contributed by atoms with Crippen LogP contribution in [0.2, 0.25) is 0 Å². The number of nitrogens with one attached hydrogen (secondary N) is 2. The van der Waals surface area contributed by atoms with E-state index in [-0.39, 0.29) is 19.3 Å². The molecule has 2 atom stereocenters. The van der Waals surface area contributed by atoms with Gasteiger partial charge in [-0.15, -0.1) is 0 Å². The summed E-state index contributed by atoms with van der Waals surface area (Å²) in [6.07, 6.45) is 11.6. The van der Waals surface area contributed by atoms with Gasteiger partial charge in [-0.3, -0.25) is 9.59 Å². The highest BCUT2D eigenvalue weighted by atomic mass is 16.6. The molecule has 1 unspecified atom stereocenters. The minimum absolute atomic E-state index is 0.0588. The number of unbranched alkanes of at least 4 members (excludes halogenated alkanes) is 10. The molecular weight excluding hydrogens is 464 g/mol. The van der Waals surface area contributed by atoms with Crippen LogP contribution in [0, 0.1) is 0 Å². The zero-order valence-corrected chi connectivity index (χ0v) is 23.2. The second kappa shape index (κ2) is 19.8. The number of esters is 1. The van der Waals surface area contributed by atoms with Crippen LogP contribution in [0.25, 0.3) is 0 Å². The summed E-state index contributed by atoms with van der Waals surface area (Å²) in [6.45, 7) is 7.30. The van der Waals surface area contributed by atoms with Crippen LogP contribution in [0.3, 0.4) is 0 Å². The Morgan fingerprint density at radius 3 is 1.81 bits per heavy atom. The van der Waals surface area contributed by atoms with Gasteiger partial charge >= 0.3 is 18.0 Å². The first-order valence-corrected chi connectivity index (χ1v) is 13.6. The largest absolute Gasteiger partial charge is 0.481 e. The van der Waals surface area contributed by atoms with Gasteiger partial charge in [-0.2, -0.15) is 0 Å². The van der Waals surface area contributed by atoms with Crippen LogP contribution in [0.1, 0.15) is 124 Å². The number of rotatable bonds is 20. The van der Waals surface area contributed by atoms with Gasteiger partial charge in [-0.25, -0.2) is 9.59 Å². The van der Waals surface area contributed by atoms with Crippen LogP contribution < -0.4 is 10.6 Å². The molecule has 9 nitrogen and oxygen atoms in total. The predicted octanol–water partition coefficient (Wildman–Crippen LogP) is 5.49. The van der Waals surface area contributed by atoms with Gasteiger partial charge in [0.05, 0.1) is 0 Å². The summed E-state index contributed by atoms with van der Waals surface area (Å²) in [5.41, 5.74) is -0.765. The van der Waals surface area contributed by atoms with Crippen LogP contribution in [-0.2, 0) is 23.9 Å². The molecule has 0 aliphatic rings. The highest BCUT2D eigenvalue weighted by molar-refractivity contribution is 5.86. The Hall–Kier alpha value is -2.32. The molecule has 0 fully saturated rings. The first-order chi connectivity index (χ1) is 17.0. The zero-order valence-electron chi connectivity index (χ0n) is 23.2. The van der Waals surface area contributed by atoms with Crippen molar-refractivity contribution in [3.63, 3.8) is 0 Å². The van der Waals surface area contributed by atoms with E-state index >= 15 is 0 Å². The van der Waals surface area contributed by atoms with Gasteiger partial charge < -0.3 is 25.2 Å². The maximum Gasteiger partial charge on any atom is 0.408 e. The van der Waals surface area contributed by atoms with Gasteiger partial charge in [0, 0.05) is 13.5 Å². The van der Waals surface area contributed by atoms with Gasteiger partial charge in [-0.1, -0.05) is 71.1 Å². The average molecular weight is 515 g/mol. The van der Waals surface area contributed by atoms with Crippen LogP contribution in [-0.4, -0.2) is 53.8 Å². The van der Waals surface area contributed by atoms with Crippen LogP contribution in [0.5, 0.6) is 0 Å². The van der Waals surface area contributed by atoms with E-state index in [9.17, 15) is 19.2 Å². The van der Waals surface area contributed by atoms with Gasteiger partial charge in [0.1, 0.15) is 11.6 Å². The molecule has 36 heavy (non-hydrogen) atoms. The first-order valence-electron chi connectivity index (χ1n) is 13.6. The number of carboxylic acids is 1. The van der Waals surface area contributed by atoms with Crippen molar-refractivity contribution in [2.75, 3.05) is 7.05 Å². The van der Waals surface area contributed by atoms with E-state index in [2.05, 4.69) is 17.6 Å². The minimum atomic E-state index is -1.11. The highest BCUT2D eigenvalue weighted by Crippen LogP contribution is 2.15. The van der Waals surface area contributed by atoms with Crippen LogP contribution in [0.15, 0.2) is 0 Å². The summed E-state index contributed by atoms with van der Waals surface area (Å²) in [5.74, 6) is -2.18. The number of aliphatic carboxylic acids is 1. The van der Waals surface area contributed by atoms with Gasteiger partial charge in [0.25, 0.3) is 5.91 Å². The van der Waals surface area contributed by atoms with Crippen molar-refractivity contribution in [2.24, 2.45) is 0 Å². The fraction of sp³-hybridized carbons (Fsp3) is 0.852. The summed E-state index contributed by atoms with van der Waals surface area (Å²) >= 11 is 0. The van der Waals surface area contributed by atoms with Crippen molar-refractivity contribution >= 4 is 23.9 Å². The van der Waals surface area contributed by atoms with E-state index in [1.165, 1.54) is 52.0 Å². The number of likely N-dealkylation sites (N-methyl/N-ethyl adjacent to an activating group) is 1. The van der Waals surface area contributed by atoms with E-state index < -0.39 is 41.7 Å². The summed E-state index contributed by atoms with van der Waals surface area (Å²) in [4.78, 5) is 48.2. The molecule has 0 aliphatic heterocycles. The molecule has 2 amide bonds. The highest BCUT2D eigenvalue weighted by Gasteiger charge is 2.29. The third kappa shape index (κ3) is 18.9. The average Bonchev–Trinajstić information content (AvgIpc) is 2.79. The number of alkyl carbamates (subject to hydrolysis) is 1. The molecule has 0 saturated carbocycles. The summed E-state index contributed by atoms with van der Waals surface area (Å²) in [6, 6.07) is -1.11. The van der Waals surface area contributed by atoms with E-state index in [1.807, 2.05) is 0 Å². The predicted molar refractivity (Wildman–Crippen MR) is 140 cm³/mol. The normalized spacial score (nSPS) is 12.9. The quantitative estimate of drug-likeness (QED) is 0.144. The third-order valence-corrected chi connectivity index (χ3v) is 5.73. The SMILES string of the molecule is CCCCCCCCCCCCCC(OC(=O)[C@H](CCCC(=O)O)NC(=O)OC(C)(C)C)C(=O)NC. The standard InChI is InChI=1S/C27H50N2O7/c1-6-7-8-9-10-11-12-13-14-15-16-19-22(24(32)28-5)35-25(33)21(18-17-20-23(30)31)29-26(34)36-27(2,3)4/h21-22H,6-20H2,1-5H3,(H,28,32)(H,29,34)(H,30,31)/t21-,22?/m0/s1. The third-order valence-electron chi connectivity index (χ3n) is 5.73. The van der Waals surface area contributed by atoms with Crippen LogP contribution in [0.4, 0.5) is 4.79 Å². The molecule has 0 aliphatic carbocycles. The molecule has 0 saturated heterocycles. The second-order valence-corrected chi connectivity index (χ2v) is 10.3. The molecule has 210 valence electrons. The lowest BCUT2D eigenvalue weighted by atomic mass is 10.0. The number of carbonyl (C=O) groups excluding carboxylic acids is 3. The van der Waals surface area contributed by atoms with Gasteiger partial charge in [-0.05, 0) is 46.5 Å². The Balaban J connectivity index is 4.68. The molecular formula is C27H50N2O7. The number of ether oxygens (including phenoxy) is 2. The monoisotopic (exact) mass is 514 g/mol. The number of carbonyl (C=O) groups is 4. The van der Waals surface area contributed by atoms with E-state index in [4.69, 9.17) is 14.6 Å². The van der Waals surface area contributed by atoms with E-state index in [1.54, 1.807) is 20.8 Å². The topological polar surface area (TPSA) is 131 Å². The van der Waals surface area contributed by atoms with Crippen molar-refractivity contribution in [3.05, 3.63) is 0 Å². The fourth-order valence-corrected chi connectivity index (χ4v) is 3.78. The lowest BCUT2D eigenvalue weighted by Gasteiger charge is -2.24. The molecule has 3 N–H and O–H groups in total. The molecule has 9 heteroatoms. The van der Waals surface area contributed by atoms with Gasteiger partial charge in [0.15, 0.2) is 6.10 Å². The smallest absolute Gasteiger partial charge is 0.408 e. The Bertz CT molecular complexity index is 647. The molecule has 0 bridgehead atoms. The molecule has 0 aromatic rings. The van der Waals surface area contributed by atoms with Crippen molar-refractivity contribution in [1.82, 2.24) is 10.6 Å². The number of carboxylic acid groups (broad SMARTS) is 1. The fourth-order valence-electron chi connectivity index (χ4n) is 3.78. The Kier molecular flexibility index (Phi) is 18.5. The first kappa shape index (κ1) is 33.7. The zero-order chi connectivity index (χ0) is 27.4. The maximum absolute atomic E-state index is 12.8. The Morgan fingerprint density at radius 1 is 0.806 bits per heavy atom. The van der Waals surface area contributed by atoms with Crippen molar-refractivity contribution < 1.29 is 33.8 Å². The molecule has 0 aromatic heterocycles. The summed E-state index contributed by atoms with van der Waals surface area (Å²) < 4.78 is 10.7. The van der Waals surface area contributed by atoms with E-state index in [0.29, 0.717) is 6.42 Å². The van der Waals surface area contributed by atoms with Crippen molar-refractivity contribution in [2.45, 2.75) is 142 Å². The van der Waals surface area contributed by atoms with Crippen LogP contribution >= 0.6 is 0 Å². The summed E-state index contributed by atoms with van der Waals surface area (Å²) in [7, 11) is 1.48. The van der Waals surface area contributed by atoms with E-state index in [0.717, 1.165) is 25.7 Å².